The van der Waals surface area contributed by atoms with Crippen molar-refractivity contribution in [2.24, 2.45) is 0 Å². The maximum absolute atomic E-state index is 13.3. The molecule has 2 aliphatic rings. The van der Waals surface area contributed by atoms with Crippen molar-refractivity contribution in [1.82, 2.24) is 4.90 Å². The maximum atomic E-state index is 13.3. The van der Waals surface area contributed by atoms with E-state index in [-0.39, 0.29) is 17.9 Å². The van der Waals surface area contributed by atoms with Gasteiger partial charge in [-0.25, -0.2) is 0 Å². The number of carbonyl (C=O) groups is 2. The van der Waals surface area contributed by atoms with Crippen molar-refractivity contribution in [3.8, 4) is 23.0 Å². The van der Waals surface area contributed by atoms with Crippen molar-refractivity contribution < 1.29 is 33.6 Å². The number of nitrogens with zero attached hydrogens (tertiary/aromatic N) is 1. The minimum absolute atomic E-state index is 0.0101. The van der Waals surface area contributed by atoms with Crippen molar-refractivity contribution in [3.63, 3.8) is 0 Å². The van der Waals surface area contributed by atoms with Gasteiger partial charge in [0.15, 0.2) is 11.5 Å². The van der Waals surface area contributed by atoms with Crippen molar-refractivity contribution in [2.75, 3.05) is 33.5 Å². The molecule has 0 spiro atoms. The van der Waals surface area contributed by atoms with E-state index in [1.54, 1.807) is 43.5 Å². The molecule has 1 N–H and O–H groups in total. The van der Waals surface area contributed by atoms with Crippen LogP contribution in [0.15, 0.2) is 78.4 Å². The first-order valence-corrected chi connectivity index (χ1v) is 12.1. The summed E-state index contributed by atoms with van der Waals surface area (Å²) in [6.07, 6.45) is 0.532. The molecule has 3 aromatic carbocycles. The van der Waals surface area contributed by atoms with E-state index in [1.807, 2.05) is 36.4 Å². The number of carbonyl (C=O) groups excluding carboxylic acids is 2. The Balaban J connectivity index is 1.57. The molecule has 1 fully saturated rings. The normalized spacial score (nSPS) is 18.2. The first-order valence-electron chi connectivity index (χ1n) is 12.1. The number of rotatable bonds is 8. The minimum atomic E-state index is -0.801. The zero-order chi connectivity index (χ0) is 25.8. The van der Waals surface area contributed by atoms with Gasteiger partial charge in [0.05, 0.1) is 11.6 Å². The van der Waals surface area contributed by atoms with E-state index in [9.17, 15) is 14.7 Å². The third-order valence-electron chi connectivity index (χ3n) is 6.26. The van der Waals surface area contributed by atoms with Crippen molar-refractivity contribution in [2.45, 2.75) is 12.5 Å². The van der Waals surface area contributed by atoms with Gasteiger partial charge in [-0.05, 0) is 54.4 Å². The Morgan fingerprint density at radius 2 is 1.70 bits per heavy atom. The molecule has 1 amide bonds. The first kappa shape index (κ1) is 24.4. The number of aliphatic hydroxyl groups excluding tert-OH is 1. The van der Waals surface area contributed by atoms with Crippen LogP contribution in [0, 0.1) is 0 Å². The number of likely N-dealkylation sites (tertiary alicyclic amines) is 1. The maximum Gasteiger partial charge on any atom is 0.295 e. The molecule has 1 unspecified atom stereocenters. The highest BCUT2D eigenvalue weighted by Gasteiger charge is 2.46. The lowest BCUT2D eigenvalue weighted by Crippen LogP contribution is -2.31. The average Bonchev–Trinajstić information content (AvgIpc) is 3.18. The number of fused-ring (bicyclic) bond motifs is 1. The Kier molecular flexibility index (Phi) is 7.09. The zero-order valence-electron chi connectivity index (χ0n) is 20.4. The van der Waals surface area contributed by atoms with Crippen LogP contribution in [0.5, 0.6) is 23.0 Å². The van der Waals surface area contributed by atoms with Gasteiger partial charge in [0.25, 0.3) is 11.7 Å². The topological polar surface area (TPSA) is 94.5 Å². The summed E-state index contributed by atoms with van der Waals surface area (Å²) in [7, 11) is 1.58. The summed E-state index contributed by atoms with van der Waals surface area (Å²) in [6, 6.07) is 20.7. The van der Waals surface area contributed by atoms with Crippen LogP contribution in [0.2, 0.25) is 0 Å². The Hall–Kier alpha value is -4.30. The van der Waals surface area contributed by atoms with E-state index in [2.05, 4.69) is 0 Å². The van der Waals surface area contributed by atoms with Crippen LogP contribution in [0.3, 0.4) is 0 Å². The fraction of sp³-hybridized carbons (Fsp3) is 0.241. The fourth-order valence-corrected chi connectivity index (χ4v) is 4.56. The summed E-state index contributed by atoms with van der Waals surface area (Å²) in [5.41, 5.74) is 1.01. The number of benzene rings is 3. The molecule has 0 aromatic heterocycles. The highest BCUT2D eigenvalue weighted by Crippen LogP contribution is 2.42. The van der Waals surface area contributed by atoms with Gasteiger partial charge < -0.3 is 29.0 Å². The molecule has 37 heavy (non-hydrogen) atoms. The zero-order valence-corrected chi connectivity index (χ0v) is 20.4. The monoisotopic (exact) mass is 501 g/mol. The standard InChI is InChI=1S/C29H27NO7/c1-34-14-6-13-30-26(19-7-5-10-22(17-19)37-21-8-3-2-4-9-21)25(28(32)29(30)33)27(31)20-11-12-23-24(18-20)36-16-15-35-23/h2-5,7-12,17-18,26,31H,6,13-16H2,1H3/b27-25+. The molecule has 190 valence electrons. The lowest BCUT2D eigenvalue weighted by atomic mass is 9.95. The smallest absolute Gasteiger partial charge is 0.295 e. The molecular weight excluding hydrogens is 474 g/mol. The van der Waals surface area contributed by atoms with Gasteiger partial charge in [0, 0.05) is 25.8 Å². The van der Waals surface area contributed by atoms with E-state index >= 15 is 0 Å². The lowest BCUT2D eigenvalue weighted by molar-refractivity contribution is -0.140. The Morgan fingerprint density at radius 3 is 2.49 bits per heavy atom. The third kappa shape index (κ3) is 5.01. The molecule has 1 atom stereocenters. The number of para-hydroxylation sites is 1. The second-order valence-corrected chi connectivity index (χ2v) is 8.68. The summed E-state index contributed by atoms with van der Waals surface area (Å²) in [5.74, 6) is 0.544. The van der Waals surface area contributed by atoms with Crippen LogP contribution >= 0.6 is 0 Å². The fourth-order valence-electron chi connectivity index (χ4n) is 4.56. The molecule has 2 heterocycles. The number of ketones is 1. The van der Waals surface area contributed by atoms with Gasteiger partial charge >= 0.3 is 0 Å². The summed E-state index contributed by atoms with van der Waals surface area (Å²) in [5, 5.41) is 11.4. The molecule has 0 bridgehead atoms. The number of hydrogen-bond donors (Lipinski definition) is 1. The summed E-state index contributed by atoms with van der Waals surface area (Å²) in [4.78, 5) is 27.9. The largest absolute Gasteiger partial charge is 0.507 e. The highest BCUT2D eigenvalue weighted by molar-refractivity contribution is 6.46. The first-order chi connectivity index (χ1) is 18.1. The Morgan fingerprint density at radius 1 is 0.946 bits per heavy atom. The van der Waals surface area contributed by atoms with Crippen LogP contribution in [0.4, 0.5) is 0 Å². The molecule has 0 aliphatic carbocycles. The molecule has 0 saturated carbocycles. The SMILES string of the molecule is COCCCN1C(=O)C(=O)/C(=C(/O)c2ccc3c(c2)OCCO3)C1c1cccc(Oc2ccccc2)c1. The van der Waals surface area contributed by atoms with Gasteiger partial charge in [-0.1, -0.05) is 30.3 Å². The molecule has 8 nitrogen and oxygen atoms in total. The van der Waals surface area contributed by atoms with E-state index in [0.29, 0.717) is 60.4 Å². The second-order valence-electron chi connectivity index (χ2n) is 8.68. The van der Waals surface area contributed by atoms with Gasteiger partial charge in [0.2, 0.25) is 0 Å². The van der Waals surface area contributed by atoms with Gasteiger partial charge in [-0.15, -0.1) is 0 Å². The van der Waals surface area contributed by atoms with E-state index in [1.165, 1.54) is 4.90 Å². The Bertz CT molecular complexity index is 1340. The van der Waals surface area contributed by atoms with Gasteiger partial charge in [0.1, 0.15) is 30.5 Å². The van der Waals surface area contributed by atoms with Crippen molar-refractivity contribution in [1.29, 1.82) is 0 Å². The average molecular weight is 502 g/mol. The van der Waals surface area contributed by atoms with E-state index in [4.69, 9.17) is 18.9 Å². The van der Waals surface area contributed by atoms with Crippen LogP contribution < -0.4 is 14.2 Å². The van der Waals surface area contributed by atoms with E-state index < -0.39 is 17.7 Å². The summed E-state index contributed by atoms with van der Waals surface area (Å²) >= 11 is 0. The molecule has 2 aliphatic heterocycles. The van der Waals surface area contributed by atoms with Crippen LogP contribution in [-0.4, -0.2) is 55.2 Å². The molecule has 5 rings (SSSR count). The molecular formula is C29H27NO7. The summed E-state index contributed by atoms with van der Waals surface area (Å²) < 4.78 is 22.4. The molecule has 0 radical (unpaired) electrons. The minimum Gasteiger partial charge on any atom is -0.507 e. The van der Waals surface area contributed by atoms with E-state index in [0.717, 1.165) is 0 Å². The Labute approximate surface area is 214 Å². The third-order valence-corrected chi connectivity index (χ3v) is 6.26. The van der Waals surface area contributed by atoms with Gasteiger partial charge in [-0.2, -0.15) is 0 Å². The number of methoxy groups -OCH3 is 1. The lowest BCUT2D eigenvalue weighted by Gasteiger charge is -2.26. The predicted octanol–water partition coefficient (Wildman–Crippen LogP) is 4.71. The highest BCUT2D eigenvalue weighted by atomic mass is 16.6. The predicted molar refractivity (Wildman–Crippen MR) is 136 cm³/mol. The molecule has 3 aromatic rings. The van der Waals surface area contributed by atoms with Gasteiger partial charge in [-0.3, -0.25) is 9.59 Å². The van der Waals surface area contributed by atoms with Crippen LogP contribution in [-0.2, 0) is 14.3 Å². The number of ether oxygens (including phenoxy) is 4. The molecule has 1 saturated heterocycles. The van der Waals surface area contributed by atoms with Crippen molar-refractivity contribution >= 4 is 17.4 Å². The quantitative estimate of drug-likeness (QED) is 0.207. The number of hydrogen-bond acceptors (Lipinski definition) is 7. The van der Waals surface area contributed by atoms with Crippen molar-refractivity contribution in [3.05, 3.63) is 89.5 Å². The summed E-state index contributed by atoms with van der Waals surface area (Å²) in [6.45, 7) is 1.53. The van der Waals surface area contributed by atoms with Crippen LogP contribution in [0.25, 0.3) is 5.76 Å². The number of amides is 1. The number of aliphatic hydroxyl groups is 1. The van der Waals surface area contributed by atoms with Crippen LogP contribution in [0.1, 0.15) is 23.6 Å². The molecule has 8 heteroatoms. The number of Topliss-reactive ketones (excluding diaryl/α,β-unsaturated/α-hetero) is 1. The second kappa shape index (κ2) is 10.8.